The van der Waals surface area contributed by atoms with E-state index in [2.05, 4.69) is 30.8 Å². The summed E-state index contributed by atoms with van der Waals surface area (Å²) in [6, 6.07) is 16.1. The second-order valence-corrected chi connectivity index (χ2v) is 3.77. The van der Waals surface area contributed by atoms with Crippen molar-refractivity contribution in [1.29, 1.82) is 0 Å². The zero-order valence-electron chi connectivity index (χ0n) is 8.28. The highest BCUT2D eigenvalue weighted by Crippen LogP contribution is 2.21. The third-order valence-corrected chi connectivity index (χ3v) is 2.58. The van der Waals surface area contributed by atoms with Gasteiger partial charge in [-0.3, -0.25) is 0 Å². The minimum absolute atomic E-state index is 0.765. The zero-order chi connectivity index (χ0) is 10.7. The lowest BCUT2D eigenvalue weighted by Gasteiger charge is -2.02. The van der Waals surface area contributed by atoms with Gasteiger partial charge in [0.25, 0.3) is 0 Å². The van der Waals surface area contributed by atoms with Crippen molar-refractivity contribution < 1.29 is 0 Å². The molecule has 0 radical (unpaired) electrons. The minimum atomic E-state index is 0.765. The van der Waals surface area contributed by atoms with Crippen LogP contribution in [0, 0.1) is 0 Å². The Bertz CT molecular complexity index is 452. The Morgan fingerprint density at radius 3 is 1.73 bits per heavy atom. The van der Waals surface area contributed by atoms with Crippen molar-refractivity contribution in [3.63, 3.8) is 0 Å². The van der Waals surface area contributed by atoms with Gasteiger partial charge in [-0.2, -0.15) is 0 Å². The van der Waals surface area contributed by atoms with E-state index in [1.165, 1.54) is 11.1 Å². The van der Waals surface area contributed by atoms with E-state index < -0.39 is 0 Å². The second-order valence-electron chi connectivity index (χ2n) is 3.33. The van der Waals surface area contributed by atoms with Crippen LogP contribution in [0.3, 0.4) is 0 Å². The summed E-state index contributed by atoms with van der Waals surface area (Å²) in [4.78, 5) is 0. The van der Waals surface area contributed by atoms with E-state index in [1.807, 2.05) is 30.3 Å². The topological polar surface area (TPSA) is 0 Å². The molecule has 0 fully saturated rings. The first-order chi connectivity index (χ1) is 7.29. The highest BCUT2D eigenvalue weighted by molar-refractivity contribution is 6.30. The van der Waals surface area contributed by atoms with Crippen LogP contribution < -0.4 is 0 Å². The van der Waals surface area contributed by atoms with Crippen molar-refractivity contribution in [1.82, 2.24) is 0 Å². The number of halogens is 1. The molecule has 2 rings (SSSR count). The van der Waals surface area contributed by atoms with E-state index >= 15 is 0 Å². The van der Waals surface area contributed by atoms with Gasteiger partial charge in [0.15, 0.2) is 0 Å². The molecule has 0 spiro atoms. The number of rotatable bonds is 2. The van der Waals surface area contributed by atoms with Gasteiger partial charge in [-0.15, -0.1) is 0 Å². The van der Waals surface area contributed by atoms with Gasteiger partial charge in [0.1, 0.15) is 0 Å². The molecule has 0 amide bonds. The van der Waals surface area contributed by atoms with Crippen LogP contribution >= 0.6 is 11.6 Å². The third-order valence-electron chi connectivity index (χ3n) is 2.32. The number of hydrogen-bond acceptors (Lipinski definition) is 0. The van der Waals surface area contributed by atoms with E-state index in [-0.39, 0.29) is 0 Å². The maximum Gasteiger partial charge on any atom is 0.0406 e. The summed E-state index contributed by atoms with van der Waals surface area (Å²) < 4.78 is 0. The maximum atomic E-state index is 5.83. The Kier molecular flexibility index (Phi) is 2.89. The van der Waals surface area contributed by atoms with Gasteiger partial charge in [0.05, 0.1) is 0 Å². The van der Waals surface area contributed by atoms with Crippen LogP contribution in [0.1, 0.15) is 5.56 Å². The van der Waals surface area contributed by atoms with Crippen molar-refractivity contribution in [3.05, 3.63) is 65.7 Å². The molecule has 0 aliphatic heterocycles. The van der Waals surface area contributed by atoms with Gasteiger partial charge in [0, 0.05) is 5.02 Å². The molecular weight excluding hydrogens is 204 g/mol. The molecule has 0 nitrogen and oxygen atoms in total. The second kappa shape index (κ2) is 4.33. The molecule has 15 heavy (non-hydrogen) atoms. The lowest BCUT2D eigenvalue weighted by Crippen LogP contribution is -1.77. The van der Waals surface area contributed by atoms with Gasteiger partial charge in [-0.1, -0.05) is 60.7 Å². The van der Waals surface area contributed by atoms with Crippen LogP contribution in [0.25, 0.3) is 17.2 Å². The molecule has 0 heterocycles. The van der Waals surface area contributed by atoms with Crippen molar-refractivity contribution in [2.45, 2.75) is 0 Å². The molecule has 1 heteroatoms. The third kappa shape index (κ3) is 2.28. The molecule has 2 aromatic carbocycles. The van der Waals surface area contributed by atoms with Crippen LogP contribution in [-0.2, 0) is 0 Å². The summed E-state index contributed by atoms with van der Waals surface area (Å²) in [7, 11) is 0. The summed E-state index contributed by atoms with van der Waals surface area (Å²) in [6.07, 6.45) is 1.84. The molecule has 0 unspecified atom stereocenters. The summed E-state index contributed by atoms with van der Waals surface area (Å²) in [6.45, 7) is 3.73. The van der Waals surface area contributed by atoms with Gasteiger partial charge >= 0.3 is 0 Å². The molecule has 0 aliphatic rings. The molecule has 0 bridgehead atoms. The standard InChI is InChI=1S/C14H11Cl/c1-2-11-3-5-12(6-4-11)13-7-9-14(15)10-8-13/h2-10H,1H2. The van der Waals surface area contributed by atoms with Crippen LogP contribution in [0.15, 0.2) is 55.1 Å². The molecule has 0 saturated carbocycles. The van der Waals surface area contributed by atoms with Gasteiger partial charge < -0.3 is 0 Å². The van der Waals surface area contributed by atoms with E-state index in [0.29, 0.717) is 0 Å². The Morgan fingerprint density at radius 1 is 0.800 bits per heavy atom. The van der Waals surface area contributed by atoms with E-state index in [9.17, 15) is 0 Å². The average Bonchev–Trinajstić information content (AvgIpc) is 2.30. The number of hydrogen-bond donors (Lipinski definition) is 0. The first-order valence-corrected chi connectivity index (χ1v) is 5.16. The minimum Gasteiger partial charge on any atom is -0.0985 e. The molecule has 2 aromatic rings. The van der Waals surface area contributed by atoms with E-state index in [0.717, 1.165) is 10.6 Å². The first-order valence-electron chi connectivity index (χ1n) is 4.78. The van der Waals surface area contributed by atoms with Crippen molar-refractivity contribution in [2.75, 3.05) is 0 Å². The summed E-state index contributed by atoms with van der Waals surface area (Å²) in [5, 5.41) is 0.765. The average molecular weight is 215 g/mol. The Hall–Kier alpha value is -1.53. The summed E-state index contributed by atoms with van der Waals surface area (Å²) >= 11 is 5.83. The van der Waals surface area contributed by atoms with Crippen LogP contribution in [-0.4, -0.2) is 0 Å². The highest BCUT2D eigenvalue weighted by atomic mass is 35.5. The van der Waals surface area contributed by atoms with Crippen LogP contribution in [0.4, 0.5) is 0 Å². The molecule has 0 aliphatic carbocycles. The summed E-state index contributed by atoms with van der Waals surface area (Å²) in [5.74, 6) is 0. The molecular formula is C14H11Cl. The number of benzene rings is 2. The SMILES string of the molecule is C=Cc1ccc(-c2ccc(Cl)cc2)cc1. The fourth-order valence-corrected chi connectivity index (χ4v) is 1.58. The van der Waals surface area contributed by atoms with E-state index in [4.69, 9.17) is 11.6 Å². The smallest absolute Gasteiger partial charge is 0.0406 e. The van der Waals surface area contributed by atoms with Gasteiger partial charge in [-0.25, -0.2) is 0 Å². The lowest BCUT2D eigenvalue weighted by atomic mass is 10.0. The molecule has 0 saturated heterocycles. The Balaban J connectivity index is 2.37. The molecule has 0 aromatic heterocycles. The summed E-state index contributed by atoms with van der Waals surface area (Å²) in [5.41, 5.74) is 3.50. The lowest BCUT2D eigenvalue weighted by molar-refractivity contribution is 1.60. The maximum absolute atomic E-state index is 5.83. The zero-order valence-corrected chi connectivity index (χ0v) is 9.04. The van der Waals surface area contributed by atoms with Crippen molar-refractivity contribution in [3.8, 4) is 11.1 Å². The fraction of sp³-hybridized carbons (Fsp3) is 0. The molecule has 0 atom stereocenters. The van der Waals surface area contributed by atoms with Gasteiger partial charge in [0.2, 0.25) is 0 Å². The van der Waals surface area contributed by atoms with Crippen LogP contribution in [0.2, 0.25) is 5.02 Å². The molecule has 0 N–H and O–H groups in total. The van der Waals surface area contributed by atoms with Crippen molar-refractivity contribution >= 4 is 17.7 Å². The molecule has 74 valence electrons. The fourth-order valence-electron chi connectivity index (χ4n) is 1.45. The van der Waals surface area contributed by atoms with Gasteiger partial charge in [-0.05, 0) is 28.8 Å². The first kappa shape index (κ1) is 10.0. The van der Waals surface area contributed by atoms with Crippen LogP contribution in [0.5, 0.6) is 0 Å². The van der Waals surface area contributed by atoms with Crippen molar-refractivity contribution in [2.24, 2.45) is 0 Å². The van der Waals surface area contributed by atoms with E-state index in [1.54, 1.807) is 0 Å². The Morgan fingerprint density at radius 2 is 1.27 bits per heavy atom. The predicted molar refractivity (Wildman–Crippen MR) is 67.0 cm³/mol. The predicted octanol–water partition coefficient (Wildman–Crippen LogP) is 4.65. The monoisotopic (exact) mass is 214 g/mol. The largest absolute Gasteiger partial charge is 0.0985 e. The highest BCUT2D eigenvalue weighted by Gasteiger charge is 1.96. The Labute approximate surface area is 94.8 Å². The quantitative estimate of drug-likeness (QED) is 0.683. The normalized spacial score (nSPS) is 9.93.